The second-order valence-corrected chi connectivity index (χ2v) is 9.27. The molecule has 0 bridgehead atoms. The third-order valence-corrected chi connectivity index (χ3v) is 6.71. The van der Waals surface area contributed by atoms with Crippen molar-refractivity contribution in [1.29, 1.82) is 0 Å². The molecule has 33 heavy (non-hydrogen) atoms. The van der Waals surface area contributed by atoms with Crippen molar-refractivity contribution in [2.24, 2.45) is 0 Å². The van der Waals surface area contributed by atoms with Crippen LogP contribution in [0.4, 0.5) is 0 Å². The number of carbonyl (C=O) groups is 1. The lowest BCUT2D eigenvalue weighted by Crippen LogP contribution is -2.06. The Labute approximate surface area is 207 Å². The zero-order valence-corrected chi connectivity index (χ0v) is 20.5. The number of carbonyl (C=O) groups excluding carboxylic acids is 1. The zero-order chi connectivity index (χ0) is 23.2. The van der Waals surface area contributed by atoms with Crippen molar-refractivity contribution in [1.82, 2.24) is 4.98 Å². The van der Waals surface area contributed by atoms with E-state index in [4.69, 9.17) is 16.3 Å². The Bertz CT molecular complexity index is 1320. The first kappa shape index (κ1) is 23.2. The molecule has 0 aliphatic heterocycles. The van der Waals surface area contributed by atoms with Gasteiger partial charge in [0, 0.05) is 15.2 Å². The average Bonchev–Trinajstić information content (AvgIpc) is 2.85. The lowest BCUT2D eigenvalue weighted by atomic mass is 9.99. The van der Waals surface area contributed by atoms with Crippen molar-refractivity contribution in [2.45, 2.75) is 17.7 Å². The monoisotopic (exact) mass is 519 g/mol. The third-order valence-electron chi connectivity index (χ3n) is 5.48. The van der Waals surface area contributed by atoms with Crippen LogP contribution in [0.15, 0.2) is 78.9 Å². The Kier molecular flexibility index (Phi) is 7.58. The first-order chi connectivity index (χ1) is 16.0. The number of nitrogens with zero attached hydrogens (tertiary/aromatic N) is 1. The van der Waals surface area contributed by atoms with Crippen molar-refractivity contribution in [3.8, 4) is 0 Å². The molecule has 0 aliphatic carbocycles. The number of halogens is 2. The van der Waals surface area contributed by atoms with Crippen LogP contribution in [0.3, 0.4) is 0 Å². The largest absolute Gasteiger partial charge is 0.465 e. The average molecular weight is 521 g/mol. The normalized spacial score (nSPS) is 12.2. The van der Waals surface area contributed by atoms with E-state index >= 15 is 0 Å². The SMILES string of the molecule is COC(=O)c1ccccc1CC[C@H](Br)c1cccc(C=Cc2ccc3ccc(Cl)cc3n2)c1. The van der Waals surface area contributed by atoms with Gasteiger partial charge < -0.3 is 4.74 Å². The Hall–Kier alpha value is -2.95. The Balaban J connectivity index is 1.46. The molecule has 0 amide bonds. The number of aryl methyl sites for hydroxylation is 1. The molecular formula is C28H23BrClNO2. The number of hydrogen-bond donors (Lipinski definition) is 0. The summed E-state index contributed by atoms with van der Waals surface area (Å²) in [6.45, 7) is 0. The van der Waals surface area contributed by atoms with Crippen molar-refractivity contribution >= 4 is 56.6 Å². The van der Waals surface area contributed by atoms with E-state index in [1.165, 1.54) is 12.7 Å². The lowest BCUT2D eigenvalue weighted by molar-refractivity contribution is 0.0599. The highest BCUT2D eigenvalue weighted by molar-refractivity contribution is 9.09. The van der Waals surface area contributed by atoms with Gasteiger partial charge in [-0.3, -0.25) is 0 Å². The van der Waals surface area contributed by atoms with E-state index < -0.39 is 0 Å². The van der Waals surface area contributed by atoms with Crippen molar-refractivity contribution in [2.75, 3.05) is 7.11 Å². The molecule has 1 heterocycles. The zero-order valence-electron chi connectivity index (χ0n) is 18.2. The number of hydrogen-bond acceptors (Lipinski definition) is 3. The predicted molar refractivity (Wildman–Crippen MR) is 140 cm³/mol. The fraction of sp³-hybridized carbons (Fsp3) is 0.143. The molecule has 1 atom stereocenters. The molecule has 0 unspecified atom stereocenters. The van der Waals surface area contributed by atoms with Crippen molar-refractivity contribution < 1.29 is 9.53 Å². The van der Waals surface area contributed by atoms with Gasteiger partial charge in [0.2, 0.25) is 0 Å². The van der Waals surface area contributed by atoms with E-state index in [1.54, 1.807) is 0 Å². The highest BCUT2D eigenvalue weighted by Gasteiger charge is 2.13. The Morgan fingerprint density at radius 2 is 1.85 bits per heavy atom. The molecule has 0 spiro atoms. The summed E-state index contributed by atoms with van der Waals surface area (Å²) in [6.07, 6.45) is 5.70. The summed E-state index contributed by atoms with van der Waals surface area (Å²) in [5, 5.41) is 1.75. The maximum atomic E-state index is 12.0. The van der Waals surface area contributed by atoms with Crippen molar-refractivity contribution in [3.05, 3.63) is 112 Å². The molecule has 0 N–H and O–H groups in total. The van der Waals surface area contributed by atoms with Crippen LogP contribution in [-0.2, 0) is 11.2 Å². The van der Waals surface area contributed by atoms with Gasteiger partial charge in [0.1, 0.15) is 0 Å². The molecule has 0 saturated heterocycles. The quantitative estimate of drug-likeness (QED) is 0.183. The summed E-state index contributed by atoms with van der Waals surface area (Å²) in [6, 6.07) is 25.8. The van der Waals surface area contributed by atoms with Crippen LogP contribution in [0.25, 0.3) is 23.1 Å². The van der Waals surface area contributed by atoms with Gasteiger partial charge in [-0.1, -0.05) is 88.2 Å². The van der Waals surface area contributed by atoms with E-state index in [0.29, 0.717) is 10.6 Å². The first-order valence-corrected chi connectivity index (χ1v) is 12.0. The molecule has 0 saturated carbocycles. The number of methoxy groups -OCH3 is 1. The van der Waals surface area contributed by atoms with Crippen LogP contribution in [0, 0.1) is 0 Å². The van der Waals surface area contributed by atoms with Crippen molar-refractivity contribution in [3.63, 3.8) is 0 Å². The smallest absolute Gasteiger partial charge is 0.338 e. The number of alkyl halides is 1. The van der Waals surface area contributed by atoms with Gasteiger partial charge in [-0.2, -0.15) is 0 Å². The van der Waals surface area contributed by atoms with E-state index in [1.807, 2.05) is 54.6 Å². The molecule has 0 aliphatic rings. The number of fused-ring (bicyclic) bond motifs is 1. The van der Waals surface area contributed by atoms with Gasteiger partial charge in [0.05, 0.1) is 23.9 Å². The Morgan fingerprint density at radius 1 is 1.03 bits per heavy atom. The number of esters is 1. The topological polar surface area (TPSA) is 39.2 Å². The highest BCUT2D eigenvalue weighted by Crippen LogP contribution is 2.30. The number of rotatable bonds is 7. The summed E-state index contributed by atoms with van der Waals surface area (Å²) < 4.78 is 4.91. The number of pyridine rings is 1. The summed E-state index contributed by atoms with van der Waals surface area (Å²) in [7, 11) is 1.41. The molecule has 3 nitrogen and oxygen atoms in total. The fourth-order valence-electron chi connectivity index (χ4n) is 3.73. The van der Waals surface area contributed by atoms with E-state index in [9.17, 15) is 4.79 Å². The highest BCUT2D eigenvalue weighted by atomic mass is 79.9. The molecule has 166 valence electrons. The molecule has 1 aromatic heterocycles. The Morgan fingerprint density at radius 3 is 2.70 bits per heavy atom. The third kappa shape index (κ3) is 5.89. The standard InChI is InChI=1S/C28H23BrClNO2/c1-33-28(32)25-8-3-2-6-20(25)12-16-26(29)22-7-4-5-19(17-22)9-14-24-15-11-21-10-13-23(30)18-27(21)31-24/h2-11,13-15,17-18,26H,12,16H2,1H3/t26-/m0/s1. The molecule has 5 heteroatoms. The molecular weight excluding hydrogens is 498 g/mol. The van der Waals surface area contributed by atoms with Gasteiger partial charge in [0.25, 0.3) is 0 Å². The minimum atomic E-state index is -0.298. The van der Waals surface area contributed by atoms with Crippen LogP contribution in [-0.4, -0.2) is 18.1 Å². The van der Waals surface area contributed by atoms with Crippen LogP contribution >= 0.6 is 27.5 Å². The number of ether oxygens (including phenoxy) is 1. The minimum absolute atomic E-state index is 0.164. The van der Waals surface area contributed by atoms with E-state index in [0.717, 1.165) is 40.6 Å². The van der Waals surface area contributed by atoms with Crippen LogP contribution in [0.5, 0.6) is 0 Å². The fourth-order valence-corrected chi connectivity index (χ4v) is 4.41. The summed E-state index contributed by atoms with van der Waals surface area (Å²) in [4.78, 5) is 16.9. The van der Waals surface area contributed by atoms with Gasteiger partial charge in [-0.25, -0.2) is 9.78 Å². The second kappa shape index (κ2) is 10.8. The van der Waals surface area contributed by atoms with Gasteiger partial charge in [-0.05, 0) is 59.9 Å². The maximum absolute atomic E-state index is 12.0. The van der Waals surface area contributed by atoms with Crippen LogP contribution in [0.1, 0.15) is 44.0 Å². The molecule has 0 fully saturated rings. The molecule has 4 rings (SSSR count). The minimum Gasteiger partial charge on any atom is -0.465 e. The summed E-state index contributed by atoms with van der Waals surface area (Å²) in [5.74, 6) is -0.298. The molecule has 3 aromatic carbocycles. The maximum Gasteiger partial charge on any atom is 0.338 e. The van der Waals surface area contributed by atoms with Gasteiger partial charge in [-0.15, -0.1) is 0 Å². The predicted octanol–water partition coefficient (Wildman–Crippen LogP) is 7.91. The van der Waals surface area contributed by atoms with Gasteiger partial charge in [0.15, 0.2) is 0 Å². The molecule has 0 radical (unpaired) electrons. The summed E-state index contributed by atoms with van der Waals surface area (Å²) >= 11 is 9.92. The number of benzene rings is 3. The molecule has 4 aromatic rings. The summed E-state index contributed by atoms with van der Waals surface area (Å²) in [5.41, 5.74) is 5.66. The van der Waals surface area contributed by atoms with E-state index in [2.05, 4.69) is 57.3 Å². The van der Waals surface area contributed by atoms with Crippen LogP contribution < -0.4 is 0 Å². The van der Waals surface area contributed by atoms with E-state index in [-0.39, 0.29) is 10.8 Å². The van der Waals surface area contributed by atoms with Crippen LogP contribution in [0.2, 0.25) is 5.02 Å². The van der Waals surface area contributed by atoms with Gasteiger partial charge >= 0.3 is 5.97 Å². The number of aromatic nitrogens is 1. The second-order valence-electron chi connectivity index (χ2n) is 7.73. The first-order valence-electron chi connectivity index (χ1n) is 10.7. The lowest BCUT2D eigenvalue weighted by Gasteiger charge is -2.13.